The van der Waals surface area contributed by atoms with Gasteiger partial charge in [0, 0.05) is 6.20 Å². The Labute approximate surface area is 90.9 Å². The van der Waals surface area contributed by atoms with Crippen molar-refractivity contribution in [3.05, 3.63) is 48.3 Å². The Hall–Kier alpha value is -2.17. The molecule has 0 atom stereocenters. The summed E-state index contributed by atoms with van der Waals surface area (Å²) in [6.45, 7) is 0. The van der Waals surface area contributed by atoms with Crippen molar-refractivity contribution < 1.29 is 8.78 Å². The number of nitrogen functional groups attached to an aromatic ring is 1. The van der Waals surface area contributed by atoms with E-state index in [2.05, 4.69) is 10.3 Å². The van der Waals surface area contributed by atoms with Crippen LogP contribution in [-0.4, -0.2) is 4.98 Å². The second kappa shape index (κ2) is 4.14. The summed E-state index contributed by atoms with van der Waals surface area (Å²) < 4.78 is 26.6. The first-order valence-electron chi connectivity index (χ1n) is 4.59. The first-order valence-corrected chi connectivity index (χ1v) is 4.59. The number of para-hydroxylation sites is 1. The van der Waals surface area contributed by atoms with Crippen LogP contribution < -0.4 is 11.1 Å². The molecule has 1 aromatic carbocycles. The van der Waals surface area contributed by atoms with Gasteiger partial charge in [0.25, 0.3) is 0 Å². The van der Waals surface area contributed by atoms with Gasteiger partial charge in [-0.3, -0.25) is 4.98 Å². The second-order valence-electron chi connectivity index (χ2n) is 3.18. The van der Waals surface area contributed by atoms with Crippen LogP contribution in [0.25, 0.3) is 0 Å². The fourth-order valence-electron chi connectivity index (χ4n) is 1.27. The zero-order valence-corrected chi connectivity index (χ0v) is 8.24. The molecule has 3 nitrogen and oxygen atoms in total. The standard InChI is InChI=1S/C11H9F2N3/c12-7-2-1-3-8(13)11(7)16-10-4-5-15-6-9(10)14/h1-6H,14H2,(H,15,16). The highest BCUT2D eigenvalue weighted by molar-refractivity contribution is 5.71. The molecule has 0 aliphatic heterocycles. The molecule has 0 saturated carbocycles. The third-order valence-electron chi connectivity index (χ3n) is 2.07. The van der Waals surface area contributed by atoms with Crippen LogP contribution in [0.5, 0.6) is 0 Å². The molecule has 1 aromatic heterocycles. The van der Waals surface area contributed by atoms with E-state index in [1.165, 1.54) is 30.6 Å². The predicted molar refractivity (Wildman–Crippen MR) is 58.3 cm³/mol. The molecular weight excluding hydrogens is 212 g/mol. The molecule has 5 heteroatoms. The first-order chi connectivity index (χ1) is 7.68. The fraction of sp³-hybridized carbons (Fsp3) is 0. The summed E-state index contributed by atoms with van der Waals surface area (Å²) in [5.41, 5.74) is 6.12. The highest BCUT2D eigenvalue weighted by Gasteiger charge is 2.09. The lowest BCUT2D eigenvalue weighted by molar-refractivity contribution is 0.591. The Kier molecular flexibility index (Phi) is 2.68. The number of nitrogens with one attached hydrogen (secondary N) is 1. The number of hydrogen-bond donors (Lipinski definition) is 2. The number of anilines is 3. The Balaban J connectivity index is 2.38. The molecule has 0 amide bonds. The summed E-state index contributed by atoms with van der Waals surface area (Å²) in [5.74, 6) is -1.34. The minimum Gasteiger partial charge on any atom is -0.396 e. The van der Waals surface area contributed by atoms with Gasteiger partial charge in [-0.05, 0) is 18.2 Å². The van der Waals surface area contributed by atoms with Gasteiger partial charge in [-0.1, -0.05) is 6.07 Å². The molecule has 2 rings (SSSR count). The molecule has 0 fully saturated rings. The van der Waals surface area contributed by atoms with Crippen LogP contribution in [-0.2, 0) is 0 Å². The van der Waals surface area contributed by atoms with Gasteiger partial charge in [-0.2, -0.15) is 0 Å². The molecule has 82 valence electrons. The maximum Gasteiger partial charge on any atom is 0.149 e. The van der Waals surface area contributed by atoms with Crippen LogP contribution >= 0.6 is 0 Å². The van der Waals surface area contributed by atoms with E-state index in [1.807, 2.05) is 0 Å². The number of hydrogen-bond acceptors (Lipinski definition) is 3. The molecule has 0 bridgehead atoms. The number of nitrogens with two attached hydrogens (primary N) is 1. The molecule has 0 aliphatic carbocycles. The lowest BCUT2D eigenvalue weighted by atomic mass is 10.2. The highest BCUT2D eigenvalue weighted by atomic mass is 19.1. The smallest absolute Gasteiger partial charge is 0.149 e. The highest BCUT2D eigenvalue weighted by Crippen LogP contribution is 2.25. The Morgan fingerprint density at radius 3 is 2.44 bits per heavy atom. The van der Waals surface area contributed by atoms with E-state index in [-0.39, 0.29) is 5.69 Å². The van der Waals surface area contributed by atoms with E-state index < -0.39 is 11.6 Å². The molecule has 0 aliphatic rings. The zero-order valence-electron chi connectivity index (χ0n) is 8.24. The quantitative estimate of drug-likeness (QED) is 0.819. The summed E-state index contributed by atoms with van der Waals surface area (Å²) in [5, 5.41) is 2.59. The van der Waals surface area contributed by atoms with Gasteiger partial charge in [0.05, 0.1) is 17.6 Å². The van der Waals surface area contributed by atoms with Gasteiger partial charge in [0.1, 0.15) is 17.3 Å². The molecule has 0 radical (unpaired) electrons. The minimum absolute atomic E-state index is 0.222. The maximum atomic E-state index is 13.3. The van der Waals surface area contributed by atoms with E-state index >= 15 is 0 Å². The van der Waals surface area contributed by atoms with Crippen molar-refractivity contribution >= 4 is 17.1 Å². The fourth-order valence-corrected chi connectivity index (χ4v) is 1.27. The predicted octanol–water partition coefficient (Wildman–Crippen LogP) is 2.69. The second-order valence-corrected chi connectivity index (χ2v) is 3.18. The van der Waals surface area contributed by atoms with Gasteiger partial charge < -0.3 is 11.1 Å². The first kappa shape index (κ1) is 10.4. The van der Waals surface area contributed by atoms with E-state index in [0.717, 1.165) is 0 Å². The maximum absolute atomic E-state index is 13.3. The van der Waals surface area contributed by atoms with Crippen LogP contribution in [0.15, 0.2) is 36.7 Å². The average molecular weight is 221 g/mol. The van der Waals surface area contributed by atoms with Crippen molar-refractivity contribution in [3.63, 3.8) is 0 Å². The number of halogens is 2. The molecule has 0 unspecified atom stereocenters. The van der Waals surface area contributed by atoms with Gasteiger partial charge in [0.2, 0.25) is 0 Å². The van der Waals surface area contributed by atoms with Gasteiger partial charge in [-0.25, -0.2) is 8.78 Å². The van der Waals surface area contributed by atoms with Crippen LogP contribution in [0.1, 0.15) is 0 Å². The molecular formula is C11H9F2N3. The number of rotatable bonds is 2. The van der Waals surface area contributed by atoms with E-state index in [1.54, 1.807) is 6.07 Å². The Bertz CT molecular complexity index is 494. The Morgan fingerprint density at radius 1 is 1.12 bits per heavy atom. The summed E-state index contributed by atoms with van der Waals surface area (Å²) in [6, 6.07) is 5.18. The average Bonchev–Trinajstić information content (AvgIpc) is 2.26. The monoisotopic (exact) mass is 221 g/mol. The molecule has 3 N–H and O–H groups in total. The summed E-state index contributed by atoms with van der Waals surface area (Å²) >= 11 is 0. The summed E-state index contributed by atoms with van der Waals surface area (Å²) in [6.07, 6.45) is 2.89. The van der Waals surface area contributed by atoms with Crippen LogP contribution in [0.2, 0.25) is 0 Å². The van der Waals surface area contributed by atoms with Crippen molar-refractivity contribution in [1.82, 2.24) is 4.98 Å². The number of nitrogens with zero attached hydrogens (tertiary/aromatic N) is 1. The Morgan fingerprint density at radius 2 is 1.81 bits per heavy atom. The van der Waals surface area contributed by atoms with Crippen molar-refractivity contribution in [2.75, 3.05) is 11.1 Å². The van der Waals surface area contributed by atoms with E-state index in [4.69, 9.17) is 5.73 Å². The van der Waals surface area contributed by atoms with Crippen molar-refractivity contribution in [2.45, 2.75) is 0 Å². The lowest BCUT2D eigenvalue weighted by Crippen LogP contribution is -2.00. The topological polar surface area (TPSA) is 50.9 Å². The molecule has 16 heavy (non-hydrogen) atoms. The van der Waals surface area contributed by atoms with Crippen LogP contribution in [0, 0.1) is 11.6 Å². The van der Waals surface area contributed by atoms with Gasteiger partial charge >= 0.3 is 0 Å². The van der Waals surface area contributed by atoms with Crippen molar-refractivity contribution in [1.29, 1.82) is 0 Å². The van der Waals surface area contributed by atoms with Crippen molar-refractivity contribution in [3.8, 4) is 0 Å². The molecule has 0 spiro atoms. The third-order valence-corrected chi connectivity index (χ3v) is 2.07. The largest absolute Gasteiger partial charge is 0.396 e. The third kappa shape index (κ3) is 1.93. The van der Waals surface area contributed by atoms with E-state index in [9.17, 15) is 8.78 Å². The lowest BCUT2D eigenvalue weighted by Gasteiger charge is -2.10. The molecule has 0 saturated heterocycles. The van der Waals surface area contributed by atoms with E-state index in [0.29, 0.717) is 11.4 Å². The molecule has 1 heterocycles. The van der Waals surface area contributed by atoms with Gasteiger partial charge in [0.15, 0.2) is 0 Å². The summed E-state index contributed by atoms with van der Waals surface area (Å²) in [7, 11) is 0. The van der Waals surface area contributed by atoms with Gasteiger partial charge in [-0.15, -0.1) is 0 Å². The van der Waals surface area contributed by atoms with Crippen LogP contribution in [0.3, 0.4) is 0 Å². The normalized spacial score (nSPS) is 10.1. The van der Waals surface area contributed by atoms with Crippen molar-refractivity contribution in [2.24, 2.45) is 0 Å². The number of benzene rings is 1. The number of aromatic nitrogens is 1. The number of pyridine rings is 1. The van der Waals surface area contributed by atoms with Crippen LogP contribution in [0.4, 0.5) is 25.8 Å². The minimum atomic E-state index is -0.670. The summed E-state index contributed by atoms with van der Waals surface area (Å²) in [4.78, 5) is 3.78. The molecule has 2 aromatic rings. The SMILES string of the molecule is Nc1cnccc1Nc1c(F)cccc1F. The zero-order chi connectivity index (χ0) is 11.5.